The Balaban J connectivity index is 2.41. The maximum Gasteiger partial charge on any atom is 0.428 e. The third-order valence-corrected chi connectivity index (χ3v) is 3.40. The quantitative estimate of drug-likeness (QED) is 0.680. The lowest BCUT2D eigenvalue weighted by atomic mass is 9.88. The molecule has 0 spiro atoms. The molecule has 1 N–H and O–H groups in total. The zero-order valence-corrected chi connectivity index (χ0v) is 12.1. The zero-order chi connectivity index (χ0) is 17.3. The first-order chi connectivity index (χ1) is 10.7. The molecule has 23 heavy (non-hydrogen) atoms. The van der Waals surface area contributed by atoms with Gasteiger partial charge in [-0.3, -0.25) is 0 Å². The number of aliphatic hydroxyl groups is 1. The van der Waals surface area contributed by atoms with Gasteiger partial charge in [-0.1, -0.05) is 12.1 Å². The van der Waals surface area contributed by atoms with E-state index in [2.05, 4.69) is 4.74 Å². The first-order valence-electron chi connectivity index (χ1n) is 6.77. The van der Waals surface area contributed by atoms with Gasteiger partial charge in [0.1, 0.15) is 6.61 Å². The molecule has 126 valence electrons. The Bertz CT molecular complexity index is 639. The smallest absolute Gasteiger partial charge is 0.428 e. The lowest BCUT2D eigenvalue weighted by molar-refractivity contribution is -0.260. The van der Waals surface area contributed by atoms with Crippen LogP contribution in [-0.4, -0.2) is 36.1 Å². The van der Waals surface area contributed by atoms with E-state index in [-0.39, 0.29) is 30.1 Å². The van der Waals surface area contributed by atoms with Gasteiger partial charge in [0.2, 0.25) is 0 Å². The van der Waals surface area contributed by atoms with E-state index in [0.717, 1.165) is 6.07 Å². The third kappa shape index (κ3) is 3.17. The Morgan fingerprint density at radius 2 is 2.09 bits per heavy atom. The van der Waals surface area contributed by atoms with Crippen LogP contribution < -0.4 is 4.74 Å². The number of alkyl halides is 3. The molecule has 1 aliphatic rings. The predicted octanol–water partition coefficient (Wildman–Crippen LogP) is 2.85. The van der Waals surface area contributed by atoms with Crippen molar-refractivity contribution in [2.24, 2.45) is 0 Å². The van der Waals surface area contributed by atoms with Crippen LogP contribution in [0.1, 0.15) is 18.9 Å². The van der Waals surface area contributed by atoms with Crippen LogP contribution in [0.25, 0.3) is 5.57 Å². The fourth-order valence-electron chi connectivity index (χ4n) is 2.23. The highest BCUT2D eigenvalue weighted by molar-refractivity contribution is 5.85. The summed E-state index contributed by atoms with van der Waals surface area (Å²) in [7, 11) is 0. The largest absolute Gasteiger partial charge is 0.486 e. The second kappa shape index (κ2) is 6.19. The highest BCUT2D eigenvalue weighted by Crippen LogP contribution is 2.42. The number of esters is 1. The van der Waals surface area contributed by atoms with Gasteiger partial charge in [-0.15, -0.1) is 0 Å². The maximum absolute atomic E-state index is 13.7. The number of fused-ring (bicyclic) bond motifs is 1. The van der Waals surface area contributed by atoms with Crippen molar-refractivity contribution in [3.63, 3.8) is 0 Å². The number of hydrogen-bond donors (Lipinski definition) is 1. The van der Waals surface area contributed by atoms with Crippen LogP contribution in [0.2, 0.25) is 0 Å². The third-order valence-electron chi connectivity index (χ3n) is 3.40. The van der Waals surface area contributed by atoms with Gasteiger partial charge in [0.15, 0.2) is 11.6 Å². The summed E-state index contributed by atoms with van der Waals surface area (Å²) in [6.45, 7) is 0.845. The molecule has 0 aromatic heterocycles. The van der Waals surface area contributed by atoms with E-state index < -0.39 is 30.0 Å². The normalized spacial score (nSPS) is 16.7. The summed E-state index contributed by atoms with van der Waals surface area (Å²) in [5.41, 5.74) is -3.70. The average molecular weight is 334 g/mol. The molecule has 0 aliphatic carbocycles. The average Bonchev–Trinajstić information content (AvgIpc) is 2.47. The molecule has 1 unspecified atom stereocenters. The summed E-state index contributed by atoms with van der Waals surface area (Å²) in [4.78, 5) is 11.6. The van der Waals surface area contributed by atoms with Gasteiger partial charge in [-0.2, -0.15) is 13.2 Å². The van der Waals surface area contributed by atoms with Gasteiger partial charge >= 0.3 is 12.1 Å². The summed E-state index contributed by atoms with van der Waals surface area (Å²) in [6, 6.07) is 3.75. The molecule has 0 bridgehead atoms. The van der Waals surface area contributed by atoms with Crippen molar-refractivity contribution in [3.8, 4) is 5.75 Å². The number of rotatable bonds is 4. The fourth-order valence-corrected chi connectivity index (χ4v) is 2.23. The van der Waals surface area contributed by atoms with E-state index >= 15 is 0 Å². The summed E-state index contributed by atoms with van der Waals surface area (Å²) in [5, 5.41) is 9.92. The minimum Gasteiger partial charge on any atom is -0.486 e. The van der Waals surface area contributed by atoms with E-state index in [9.17, 15) is 27.5 Å². The number of halogens is 4. The molecule has 0 amide bonds. The van der Waals surface area contributed by atoms with Crippen LogP contribution in [0, 0.1) is 5.82 Å². The Morgan fingerprint density at radius 3 is 2.70 bits per heavy atom. The number of benzene rings is 1. The molecule has 1 aromatic rings. The minimum absolute atomic E-state index is 0.0429. The first kappa shape index (κ1) is 17.3. The monoisotopic (exact) mass is 334 g/mol. The van der Waals surface area contributed by atoms with Gasteiger partial charge < -0.3 is 14.6 Å². The molecule has 0 saturated carbocycles. The number of carbonyl (C=O) groups excluding carboxylic acids is 1. The van der Waals surface area contributed by atoms with Gasteiger partial charge in [-0.05, 0) is 24.6 Å². The van der Waals surface area contributed by atoms with Crippen LogP contribution >= 0.6 is 0 Å². The van der Waals surface area contributed by atoms with Gasteiger partial charge in [0.25, 0.3) is 5.60 Å². The molecule has 1 heterocycles. The van der Waals surface area contributed by atoms with E-state index in [4.69, 9.17) is 4.74 Å². The summed E-state index contributed by atoms with van der Waals surface area (Å²) >= 11 is 0. The van der Waals surface area contributed by atoms with Crippen molar-refractivity contribution in [2.75, 3.05) is 13.2 Å². The molecule has 0 fully saturated rings. The first-order valence-corrected chi connectivity index (χ1v) is 6.77. The second-order valence-electron chi connectivity index (χ2n) is 4.91. The minimum atomic E-state index is -5.24. The van der Waals surface area contributed by atoms with Gasteiger partial charge in [0, 0.05) is 12.0 Å². The molecular weight excluding hydrogens is 320 g/mol. The van der Waals surface area contributed by atoms with E-state index in [1.165, 1.54) is 25.1 Å². The molecule has 4 nitrogen and oxygen atoms in total. The lowest BCUT2D eigenvalue weighted by Gasteiger charge is -2.30. The number of para-hydroxylation sites is 1. The standard InChI is InChI=1S/C15H14F4O4/c1-2-22-13(20)14(21,15(17,18)19)8-9-6-7-23-12-10(9)4-3-5-11(12)16/h3-6,21H,2,7-8H2,1H3. The fraction of sp³-hybridized carbons (Fsp3) is 0.400. The van der Waals surface area contributed by atoms with Gasteiger partial charge in [-0.25, -0.2) is 9.18 Å². The van der Waals surface area contributed by atoms with Crippen molar-refractivity contribution < 1.29 is 36.9 Å². The molecule has 8 heteroatoms. The highest BCUT2D eigenvalue weighted by Gasteiger charge is 2.61. The molecule has 1 atom stereocenters. The molecule has 0 radical (unpaired) electrons. The van der Waals surface area contributed by atoms with Crippen molar-refractivity contribution >= 4 is 11.5 Å². The SMILES string of the molecule is CCOC(=O)C(O)(CC1=CCOc2c(F)cccc21)C(F)(F)F. The predicted molar refractivity (Wildman–Crippen MR) is 72.1 cm³/mol. The van der Waals surface area contributed by atoms with Crippen molar-refractivity contribution in [3.05, 3.63) is 35.7 Å². The van der Waals surface area contributed by atoms with Crippen LogP contribution in [0.15, 0.2) is 24.3 Å². The topological polar surface area (TPSA) is 55.8 Å². The van der Waals surface area contributed by atoms with E-state index in [1.54, 1.807) is 0 Å². The Labute approximate surface area is 129 Å². The number of carbonyl (C=O) groups is 1. The Hall–Kier alpha value is -2.09. The Morgan fingerprint density at radius 1 is 1.39 bits per heavy atom. The molecule has 1 aromatic carbocycles. The maximum atomic E-state index is 13.7. The van der Waals surface area contributed by atoms with Crippen LogP contribution in [-0.2, 0) is 9.53 Å². The van der Waals surface area contributed by atoms with Crippen molar-refractivity contribution in [1.29, 1.82) is 0 Å². The molecule has 2 rings (SSSR count). The van der Waals surface area contributed by atoms with Crippen LogP contribution in [0.4, 0.5) is 17.6 Å². The van der Waals surface area contributed by atoms with Crippen LogP contribution in [0.5, 0.6) is 5.75 Å². The van der Waals surface area contributed by atoms with Crippen molar-refractivity contribution in [2.45, 2.75) is 25.1 Å². The molecule has 1 aliphatic heterocycles. The second-order valence-corrected chi connectivity index (χ2v) is 4.91. The number of hydrogen-bond acceptors (Lipinski definition) is 4. The zero-order valence-electron chi connectivity index (χ0n) is 12.1. The summed E-state index contributed by atoms with van der Waals surface area (Å²) in [6.07, 6.45) is -5.07. The van der Waals surface area contributed by atoms with Crippen molar-refractivity contribution in [1.82, 2.24) is 0 Å². The molecule has 0 saturated heterocycles. The Kier molecular flexibility index (Phi) is 4.65. The number of ether oxygens (including phenoxy) is 2. The molecular formula is C15H14F4O4. The summed E-state index contributed by atoms with van der Waals surface area (Å²) in [5.74, 6) is -2.74. The van der Waals surface area contributed by atoms with E-state index in [0.29, 0.717) is 0 Å². The highest BCUT2D eigenvalue weighted by atomic mass is 19.4. The summed E-state index contributed by atoms with van der Waals surface area (Å²) < 4.78 is 62.7. The van der Waals surface area contributed by atoms with Gasteiger partial charge in [0.05, 0.1) is 6.61 Å². The lowest BCUT2D eigenvalue weighted by Crippen LogP contribution is -2.53. The van der Waals surface area contributed by atoms with E-state index in [1.807, 2.05) is 0 Å². The van der Waals surface area contributed by atoms with Crippen LogP contribution in [0.3, 0.4) is 0 Å².